The zero-order valence-electron chi connectivity index (χ0n) is 15.5. The second kappa shape index (κ2) is 7.85. The predicted molar refractivity (Wildman–Crippen MR) is 98.8 cm³/mol. The quantitative estimate of drug-likeness (QED) is 0.860. The lowest BCUT2D eigenvalue weighted by atomic mass is 9.94. The molecular formula is C18H29N3O3S. The Kier molecular flexibility index (Phi) is 6.24. The van der Waals surface area contributed by atoms with Crippen LogP contribution in [0.2, 0.25) is 0 Å². The van der Waals surface area contributed by atoms with Crippen molar-refractivity contribution in [1.82, 2.24) is 9.21 Å². The van der Waals surface area contributed by atoms with Crippen molar-refractivity contribution in [2.75, 3.05) is 26.7 Å². The van der Waals surface area contributed by atoms with Gasteiger partial charge in [0.05, 0.1) is 4.90 Å². The Labute approximate surface area is 151 Å². The minimum Gasteiger partial charge on any atom is -0.338 e. The summed E-state index contributed by atoms with van der Waals surface area (Å²) in [5.74, 6) is 0.540. The maximum atomic E-state index is 12.9. The third-order valence-electron chi connectivity index (χ3n) is 4.90. The van der Waals surface area contributed by atoms with Gasteiger partial charge in [-0.3, -0.25) is 4.79 Å². The normalized spacial score (nSPS) is 23.2. The SMILES string of the molecule is CC1CC(C)CN(S(=O)(=O)c2ccc(C(=O)N(C)C(C)CN)cc2)C1. The molecule has 1 fully saturated rings. The smallest absolute Gasteiger partial charge is 0.253 e. The Balaban J connectivity index is 2.20. The van der Waals surface area contributed by atoms with Crippen LogP contribution in [0.3, 0.4) is 0 Å². The molecule has 140 valence electrons. The van der Waals surface area contributed by atoms with Crippen LogP contribution in [0.15, 0.2) is 29.2 Å². The number of nitrogens with two attached hydrogens (primary N) is 1. The van der Waals surface area contributed by atoms with Crippen LogP contribution < -0.4 is 5.73 Å². The maximum Gasteiger partial charge on any atom is 0.253 e. The fourth-order valence-corrected chi connectivity index (χ4v) is 4.96. The molecule has 7 heteroatoms. The topological polar surface area (TPSA) is 83.7 Å². The van der Waals surface area contributed by atoms with E-state index in [1.54, 1.807) is 28.4 Å². The van der Waals surface area contributed by atoms with E-state index in [9.17, 15) is 13.2 Å². The molecule has 0 aliphatic carbocycles. The van der Waals surface area contributed by atoms with Crippen molar-refractivity contribution in [3.63, 3.8) is 0 Å². The fourth-order valence-electron chi connectivity index (χ4n) is 3.28. The molecule has 3 atom stereocenters. The molecule has 1 aromatic carbocycles. The highest BCUT2D eigenvalue weighted by molar-refractivity contribution is 7.89. The molecule has 0 saturated carbocycles. The number of nitrogens with zero attached hydrogens (tertiary/aromatic N) is 2. The predicted octanol–water partition coefficient (Wildman–Crippen LogP) is 1.77. The van der Waals surface area contributed by atoms with Crippen molar-refractivity contribution in [3.05, 3.63) is 29.8 Å². The highest BCUT2D eigenvalue weighted by atomic mass is 32.2. The third kappa shape index (κ3) is 4.40. The minimum atomic E-state index is -3.52. The molecule has 25 heavy (non-hydrogen) atoms. The van der Waals surface area contributed by atoms with Gasteiger partial charge < -0.3 is 10.6 Å². The molecule has 2 N–H and O–H groups in total. The van der Waals surface area contributed by atoms with Crippen LogP contribution in [-0.4, -0.2) is 56.3 Å². The lowest BCUT2D eigenvalue weighted by molar-refractivity contribution is 0.0748. The van der Waals surface area contributed by atoms with Gasteiger partial charge in [-0.15, -0.1) is 0 Å². The maximum absolute atomic E-state index is 12.9. The molecule has 0 bridgehead atoms. The first-order valence-corrected chi connectivity index (χ1v) is 10.2. The van der Waals surface area contributed by atoms with Crippen molar-refractivity contribution in [3.8, 4) is 0 Å². The number of carbonyl (C=O) groups excluding carboxylic acids is 1. The van der Waals surface area contributed by atoms with Gasteiger partial charge in [0.2, 0.25) is 10.0 Å². The van der Waals surface area contributed by atoms with Crippen molar-refractivity contribution >= 4 is 15.9 Å². The summed E-state index contributed by atoms with van der Waals surface area (Å²) in [6.07, 6.45) is 1.05. The van der Waals surface area contributed by atoms with Gasteiger partial charge in [-0.1, -0.05) is 13.8 Å². The Bertz CT molecular complexity index is 693. The number of amides is 1. The summed E-state index contributed by atoms with van der Waals surface area (Å²) in [6.45, 7) is 7.49. The van der Waals surface area contributed by atoms with Gasteiger partial charge >= 0.3 is 0 Å². The largest absolute Gasteiger partial charge is 0.338 e. The molecule has 0 radical (unpaired) electrons. The number of hydrogen-bond acceptors (Lipinski definition) is 4. The van der Waals surface area contributed by atoms with Crippen LogP contribution in [0.5, 0.6) is 0 Å². The molecule has 1 heterocycles. The van der Waals surface area contributed by atoms with Crippen LogP contribution in [0.25, 0.3) is 0 Å². The summed E-state index contributed by atoms with van der Waals surface area (Å²) in [6, 6.07) is 6.12. The van der Waals surface area contributed by atoms with E-state index in [1.807, 2.05) is 6.92 Å². The number of sulfonamides is 1. The van der Waals surface area contributed by atoms with Gasteiger partial charge in [-0.25, -0.2) is 8.42 Å². The number of piperidine rings is 1. The number of carbonyl (C=O) groups is 1. The summed E-state index contributed by atoms with van der Waals surface area (Å²) in [5, 5.41) is 0. The average molecular weight is 368 g/mol. The Hall–Kier alpha value is -1.44. The average Bonchev–Trinajstić information content (AvgIpc) is 2.59. The molecule has 1 aliphatic heterocycles. The van der Waals surface area contributed by atoms with Gasteiger partial charge in [0.25, 0.3) is 5.91 Å². The Morgan fingerprint density at radius 1 is 1.24 bits per heavy atom. The van der Waals surface area contributed by atoms with E-state index in [0.29, 0.717) is 37.0 Å². The van der Waals surface area contributed by atoms with Crippen LogP contribution in [-0.2, 0) is 10.0 Å². The van der Waals surface area contributed by atoms with E-state index in [-0.39, 0.29) is 16.8 Å². The molecule has 2 rings (SSSR count). The summed E-state index contributed by atoms with van der Waals surface area (Å²) in [7, 11) is -1.83. The fraction of sp³-hybridized carbons (Fsp3) is 0.611. The van der Waals surface area contributed by atoms with Gasteiger partial charge in [-0.2, -0.15) is 4.31 Å². The van der Waals surface area contributed by atoms with Crippen molar-refractivity contribution in [2.45, 2.75) is 38.1 Å². The first-order valence-electron chi connectivity index (χ1n) is 8.74. The van der Waals surface area contributed by atoms with E-state index in [0.717, 1.165) is 6.42 Å². The third-order valence-corrected chi connectivity index (χ3v) is 6.74. The summed E-state index contributed by atoms with van der Waals surface area (Å²) in [5.41, 5.74) is 6.06. The van der Waals surface area contributed by atoms with Crippen LogP contribution in [0, 0.1) is 11.8 Å². The Morgan fingerprint density at radius 3 is 2.24 bits per heavy atom. The van der Waals surface area contributed by atoms with Gasteiger partial charge in [0, 0.05) is 38.3 Å². The van der Waals surface area contributed by atoms with Gasteiger partial charge in [0.15, 0.2) is 0 Å². The molecular weight excluding hydrogens is 338 g/mol. The first kappa shape index (κ1) is 19.9. The summed E-state index contributed by atoms with van der Waals surface area (Å²) in [4.78, 5) is 14.2. The van der Waals surface area contributed by atoms with Crippen molar-refractivity contribution < 1.29 is 13.2 Å². The molecule has 1 amide bonds. The zero-order valence-corrected chi connectivity index (χ0v) is 16.3. The van der Waals surface area contributed by atoms with Crippen LogP contribution in [0.4, 0.5) is 0 Å². The highest BCUT2D eigenvalue weighted by Gasteiger charge is 2.31. The molecule has 6 nitrogen and oxygen atoms in total. The molecule has 1 aliphatic rings. The molecule has 1 saturated heterocycles. The number of hydrogen-bond donors (Lipinski definition) is 1. The zero-order chi connectivity index (χ0) is 18.8. The van der Waals surface area contributed by atoms with E-state index >= 15 is 0 Å². The monoisotopic (exact) mass is 367 g/mol. The van der Waals surface area contributed by atoms with Crippen LogP contribution >= 0.6 is 0 Å². The first-order chi connectivity index (χ1) is 11.7. The van der Waals surface area contributed by atoms with E-state index in [1.165, 1.54) is 12.1 Å². The van der Waals surface area contributed by atoms with E-state index in [2.05, 4.69) is 13.8 Å². The van der Waals surface area contributed by atoms with E-state index in [4.69, 9.17) is 5.73 Å². The second-order valence-electron chi connectivity index (χ2n) is 7.29. The van der Waals surface area contributed by atoms with Crippen molar-refractivity contribution in [2.24, 2.45) is 17.6 Å². The molecule has 0 aromatic heterocycles. The van der Waals surface area contributed by atoms with Crippen molar-refractivity contribution in [1.29, 1.82) is 0 Å². The minimum absolute atomic E-state index is 0.0766. The lowest BCUT2D eigenvalue weighted by Crippen LogP contribution is -2.42. The Morgan fingerprint density at radius 2 is 1.76 bits per heavy atom. The van der Waals surface area contributed by atoms with Gasteiger partial charge in [0.1, 0.15) is 0 Å². The molecule has 0 spiro atoms. The van der Waals surface area contributed by atoms with E-state index < -0.39 is 10.0 Å². The highest BCUT2D eigenvalue weighted by Crippen LogP contribution is 2.26. The second-order valence-corrected chi connectivity index (χ2v) is 9.23. The number of benzene rings is 1. The summed E-state index contributed by atoms with van der Waals surface area (Å²) >= 11 is 0. The standard InChI is InChI=1S/C18H29N3O3S/c1-13-9-14(2)12-21(11-13)25(23,24)17-7-5-16(6-8-17)18(22)20(4)15(3)10-19/h5-8,13-15H,9-12,19H2,1-4H3. The number of likely N-dealkylation sites (N-methyl/N-ethyl adjacent to an activating group) is 1. The van der Waals surface area contributed by atoms with Gasteiger partial charge in [-0.05, 0) is 49.4 Å². The number of rotatable bonds is 5. The molecule has 1 aromatic rings. The summed E-state index contributed by atoms with van der Waals surface area (Å²) < 4.78 is 27.3. The lowest BCUT2D eigenvalue weighted by Gasteiger charge is -2.34. The van der Waals surface area contributed by atoms with Crippen LogP contribution in [0.1, 0.15) is 37.6 Å². The molecule has 3 unspecified atom stereocenters.